The van der Waals surface area contributed by atoms with E-state index in [4.69, 9.17) is 0 Å². The van der Waals surface area contributed by atoms with Gasteiger partial charge in [-0.05, 0) is 190 Å². The molecule has 2 aliphatic rings. The average molecular weight is 659 g/mol. The Morgan fingerprint density at radius 2 is 0.640 bits per heavy atom. The monoisotopic (exact) mass is 658 g/mol. The first-order chi connectivity index (χ1) is 24.3. The van der Waals surface area contributed by atoms with Crippen molar-refractivity contribution < 1.29 is 0 Å². The molecule has 0 amide bonds. The Kier molecular flexibility index (Phi) is 9.93. The Balaban J connectivity index is 1.61. The Hall–Kier alpha value is -3.90. The van der Waals surface area contributed by atoms with Crippen LogP contribution >= 0.6 is 0 Å². The fraction of sp³-hybridized carbons (Fsp3) is 0.400. The molecule has 0 aliphatic heterocycles. The van der Waals surface area contributed by atoms with E-state index in [1.54, 1.807) is 66.8 Å². The first-order valence-electron chi connectivity index (χ1n) is 19.9. The SMILES string of the molecule is CCCc1c(CCC)c(CCC)c2c(c1CCC)Cc1c(c(-c3ccccc3)c3c(c1-c1ccccc1)Cc1c(C)c(C)c(C)c(C)c1C3)C2. The number of fused-ring (bicyclic) bond motifs is 4. The van der Waals surface area contributed by atoms with Gasteiger partial charge in [-0.3, -0.25) is 0 Å². The van der Waals surface area contributed by atoms with Gasteiger partial charge in [-0.25, -0.2) is 0 Å². The molecule has 0 saturated carbocycles. The van der Waals surface area contributed by atoms with E-state index in [1.165, 1.54) is 95.9 Å². The lowest BCUT2D eigenvalue weighted by atomic mass is 9.67. The largest absolute Gasteiger partial charge is 0.0651 e. The summed E-state index contributed by atoms with van der Waals surface area (Å²) in [6.45, 7) is 19.0. The summed E-state index contributed by atoms with van der Waals surface area (Å²) < 4.78 is 0. The van der Waals surface area contributed by atoms with Gasteiger partial charge in [-0.1, -0.05) is 114 Å². The van der Waals surface area contributed by atoms with Crippen LogP contribution in [0.25, 0.3) is 22.3 Å². The molecule has 0 aromatic heterocycles. The smallest absolute Gasteiger partial charge is 0.00106 e. The van der Waals surface area contributed by atoms with Crippen LogP contribution in [0.2, 0.25) is 0 Å². The predicted molar refractivity (Wildman–Crippen MR) is 216 cm³/mol. The molecule has 5 aromatic carbocycles. The van der Waals surface area contributed by atoms with Crippen molar-refractivity contribution in [3.05, 3.63) is 150 Å². The van der Waals surface area contributed by atoms with Gasteiger partial charge in [0.15, 0.2) is 0 Å². The second-order valence-electron chi connectivity index (χ2n) is 15.4. The molecule has 0 spiro atoms. The molecular weight excluding hydrogens is 601 g/mol. The number of rotatable bonds is 10. The average Bonchev–Trinajstić information content (AvgIpc) is 3.14. The summed E-state index contributed by atoms with van der Waals surface area (Å²) in [5, 5.41) is 0. The van der Waals surface area contributed by atoms with Gasteiger partial charge in [-0.15, -0.1) is 0 Å². The molecule has 0 unspecified atom stereocenters. The second kappa shape index (κ2) is 14.4. The highest BCUT2D eigenvalue weighted by molar-refractivity contribution is 5.87. The first-order valence-corrected chi connectivity index (χ1v) is 19.9. The maximum atomic E-state index is 2.39. The van der Waals surface area contributed by atoms with Gasteiger partial charge in [-0.2, -0.15) is 0 Å². The number of hydrogen-bond acceptors (Lipinski definition) is 0. The van der Waals surface area contributed by atoms with Crippen LogP contribution in [0.3, 0.4) is 0 Å². The summed E-state index contributed by atoms with van der Waals surface area (Å²) in [6, 6.07) is 23.0. The maximum absolute atomic E-state index is 2.39. The van der Waals surface area contributed by atoms with E-state index < -0.39 is 0 Å². The van der Waals surface area contributed by atoms with Crippen molar-refractivity contribution in [3.63, 3.8) is 0 Å². The van der Waals surface area contributed by atoms with Crippen molar-refractivity contribution >= 4 is 0 Å². The Morgan fingerprint density at radius 3 is 0.960 bits per heavy atom. The van der Waals surface area contributed by atoms with E-state index in [1.807, 2.05) is 0 Å². The zero-order chi connectivity index (χ0) is 35.1. The van der Waals surface area contributed by atoms with E-state index in [0.29, 0.717) is 0 Å². The topological polar surface area (TPSA) is 0 Å². The molecule has 0 bridgehead atoms. The summed E-state index contributed by atoms with van der Waals surface area (Å²) >= 11 is 0. The van der Waals surface area contributed by atoms with Gasteiger partial charge in [0.25, 0.3) is 0 Å². The van der Waals surface area contributed by atoms with Crippen LogP contribution in [0.5, 0.6) is 0 Å². The van der Waals surface area contributed by atoms with Crippen LogP contribution < -0.4 is 0 Å². The van der Waals surface area contributed by atoms with Crippen molar-refractivity contribution in [2.24, 2.45) is 0 Å². The molecular formula is C50H58. The zero-order valence-corrected chi connectivity index (χ0v) is 32.3. The standard InChI is InChI=1S/C50H58/c1-9-19-37-38(20-10-2)40(22-12-4)44-30-48-47(29-43(44)39(37)21-11-3)49(35-23-15-13-16-24-35)45-27-41-33(7)31(5)32(6)34(8)42(41)28-46(45)50(48)36-25-17-14-18-26-36/h13-18,23-26H,9-12,19-22,27-30H2,1-8H3. The van der Waals surface area contributed by atoms with Gasteiger partial charge < -0.3 is 0 Å². The maximum Gasteiger partial charge on any atom is -0.00106 e. The van der Waals surface area contributed by atoms with Crippen LogP contribution in [0.1, 0.15) is 142 Å². The highest BCUT2D eigenvalue weighted by atomic mass is 14.4. The molecule has 0 nitrogen and oxygen atoms in total. The highest BCUT2D eigenvalue weighted by Gasteiger charge is 2.35. The second-order valence-corrected chi connectivity index (χ2v) is 15.4. The molecule has 7 rings (SSSR count). The van der Waals surface area contributed by atoms with E-state index in [0.717, 1.165) is 25.7 Å². The molecule has 0 saturated heterocycles. The molecule has 0 heterocycles. The van der Waals surface area contributed by atoms with Gasteiger partial charge >= 0.3 is 0 Å². The van der Waals surface area contributed by atoms with Gasteiger partial charge in [0.2, 0.25) is 0 Å². The molecule has 0 N–H and O–H groups in total. The Labute approximate surface area is 303 Å². The Bertz CT molecular complexity index is 1910. The predicted octanol–water partition coefficient (Wildman–Crippen LogP) is 13.1. The first kappa shape index (κ1) is 34.5. The third kappa shape index (κ3) is 5.68. The van der Waals surface area contributed by atoms with Gasteiger partial charge in [0.1, 0.15) is 0 Å². The lowest BCUT2D eigenvalue weighted by Crippen LogP contribution is -2.23. The van der Waals surface area contributed by atoms with Gasteiger partial charge in [0, 0.05) is 0 Å². The minimum atomic E-state index is 1.02. The highest BCUT2D eigenvalue weighted by Crippen LogP contribution is 2.50. The summed E-state index contributed by atoms with van der Waals surface area (Å²) in [5.41, 5.74) is 31.6. The van der Waals surface area contributed by atoms with Crippen LogP contribution in [-0.4, -0.2) is 0 Å². The molecule has 0 radical (unpaired) electrons. The lowest BCUT2D eigenvalue weighted by molar-refractivity contribution is 0.773. The third-order valence-electron chi connectivity index (χ3n) is 12.6. The third-order valence-corrected chi connectivity index (χ3v) is 12.6. The van der Waals surface area contributed by atoms with E-state index in [9.17, 15) is 0 Å². The molecule has 2 aliphatic carbocycles. The van der Waals surface area contributed by atoms with Crippen LogP contribution in [-0.2, 0) is 51.4 Å². The molecule has 0 heteroatoms. The lowest BCUT2D eigenvalue weighted by Gasteiger charge is -2.37. The van der Waals surface area contributed by atoms with Gasteiger partial charge in [0.05, 0.1) is 0 Å². The van der Waals surface area contributed by atoms with Crippen molar-refractivity contribution in [2.45, 2.75) is 132 Å². The number of benzene rings is 5. The van der Waals surface area contributed by atoms with Crippen LogP contribution in [0.15, 0.2) is 60.7 Å². The molecule has 0 fully saturated rings. The number of hydrogen-bond donors (Lipinski definition) is 0. The minimum absolute atomic E-state index is 1.02. The molecule has 258 valence electrons. The summed E-state index contributed by atoms with van der Waals surface area (Å²) in [6.07, 6.45) is 13.8. The van der Waals surface area contributed by atoms with Crippen molar-refractivity contribution in [1.82, 2.24) is 0 Å². The van der Waals surface area contributed by atoms with Crippen molar-refractivity contribution in [2.75, 3.05) is 0 Å². The van der Waals surface area contributed by atoms with E-state index in [2.05, 4.69) is 116 Å². The van der Waals surface area contributed by atoms with Crippen LogP contribution in [0, 0.1) is 27.7 Å². The van der Waals surface area contributed by atoms with Crippen molar-refractivity contribution in [3.8, 4) is 22.3 Å². The molecule has 5 aromatic rings. The summed E-state index contributed by atoms with van der Waals surface area (Å²) in [5.74, 6) is 0. The summed E-state index contributed by atoms with van der Waals surface area (Å²) in [4.78, 5) is 0. The van der Waals surface area contributed by atoms with Crippen molar-refractivity contribution in [1.29, 1.82) is 0 Å². The van der Waals surface area contributed by atoms with E-state index in [-0.39, 0.29) is 0 Å². The zero-order valence-electron chi connectivity index (χ0n) is 32.3. The fourth-order valence-corrected chi connectivity index (χ4v) is 10.0. The summed E-state index contributed by atoms with van der Waals surface area (Å²) in [7, 11) is 0. The molecule has 0 atom stereocenters. The van der Waals surface area contributed by atoms with Crippen LogP contribution in [0.4, 0.5) is 0 Å². The quantitative estimate of drug-likeness (QED) is 0.137. The van der Waals surface area contributed by atoms with E-state index >= 15 is 0 Å². The fourth-order valence-electron chi connectivity index (χ4n) is 10.0. The minimum Gasteiger partial charge on any atom is -0.0651 e. The normalized spacial score (nSPS) is 13.1. The Morgan fingerprint density at radius 1 is 0.340 bits per heavy atom. The molecule has 50 heavy (non-hydrogen) atoms.